The Kier molecular flexibility index (Phi) is 3.36. The molecule has 0 aromatic heterocycles. The highest BCUT2D eigenvalue weighted by Crippen LogP contribution is 2.61. The Hall–Kier alpha value is -1.57. The van der Waals surface area contributed by atoms with Crippen molar-refractivity contribution >= 4 is 11.5 Å². The first-order valence-corrected chi connectivity index (χ1v) is 8.54. The monoisotopic (exact) mass is 296 g/mol. The average Bonchev–Trinajstić information content (AvgIpc) is 2.51. The normalized spacial score (nSPS) is 36.4. The molecule has 22 heavy (non-hydrogen) atoms. The van der Waals surface area contributed by atoms with E-state index < -0.39 is 0 Å². The maximum Gasteiger partial charge on any atom is 0.338 e. The zero-order chi connectivity index (χ0) is 15.2. The second kappa shape index (κ2) is 5.26. The summed E-state index contributed by atoms with van der Waals surface area (Å²) >= 11 is 0. The topological polar surface area (TPSA) is 26.3 Å². The fourth-order valence-corrected chi connectivity index (χ4v) is 5.65. The number of benzene rings is 1. The van der Waals surface area contributed by atoms with E-state index in [2.05, 4.69) is 6.08 Å². The molecular weight excluding hydrogens is 272 g/mol. The number of ether oxygens (including phenoxy) is 1. The minimum atomic E-state index is -0.193. The van der Waals surface area contributed by atoms with E-state index in [4.69, 9.17) is 4.74 Å². The molecule has 4 aliphatic carbocycles. The highest BCUT2D eigenvalue weighted by molar-refractivity contribution is 6.16. The van der Waals surface area contributed by atoms with Crippen LogP contribution in [0.15, 0.2) is 36.4 Å². The quantitative estimate of drug-likeness (QED) is 0.608. The van der Waals surface area contributed by atoms with Crippen molar-refractivity contribution in [2.24, 2.45) is 23.2 Å². The summed E-state index contributed by atoms with van der Waals surface area (Å²) in [7, 11) is 1.48. The van der Waals surface area contributed by atoms with Crippen molar-refractivity contribution in [2.75, 3.05) is 7.11 Å². The largest absolute Gasteiger partial charge is 0.465 e. The lowest BCUT2D eigenvalue weighted by atomic mass is 9.49. The predicted octanol–water partition coefficient (Wildman–Crippen LogP) is 4.46. The van der Waals surface area contributed by atoms with Gasteiger partial charge in [0.15, 0.2) is 0 Å². The Balaban J connectivity index is 1.73. The molecule has 0 saturated heterocycles. The molecule has 5 rings (SSSR count). The second-order valence-corrected chi connectivity index (χ2v) is 7.70. The number of methoxy groups -OCH3 is 1. The summed E-state index contributed by atoms with van der Waals surface area (Å²) in [6.45, 7) is 0. The van der Waals surface area contributed by atoms with Gasteiger partial charge in [-0.1, -0.05) is 36.4 Å². The Morgan fingerprint density at radius 1 is 1.05 bits per heavy atom. The molecule has 4 bridgehead atoms. The maximum absolute atomic E-state index is 12.3. The Labute approximate surface area is 132 Å². The van der Waals surface area contributed by atoms with Crippen molar-refractivity contribution in [2.45, 2.75) is 38.5 Å². The van der Waals surface area contributed by atoms with Crippen LogP contribution in [0.4, 0.5) is 0 Å². The zero-order valence-electron chi connectivity index (χ0n) is 13.3. The summed E-state index contributed by atoms with van der Waals surface area (Å²) < 4.78 is 5.07. The van der Waals surface area contributed by atoms with Crippen molar-refractivity contribution in [3.63, 3.8) is 0 Å². The lowest BCUT2D eigenvalue weighted by Crippen LogP contribution is -2.45. The van der Waals surface area contributed by atoms with E-state index in [0.717, 1.165) is 28.9 Å². The minimum Gasteiger partial charge on any atom is -0.465 e. The lowest BCUT2D eigenvalue weighted by molar-refractivity contribution is -0.133. The molecule has 0 radical (unpaired) electrons. The summed E-state index contributed by atoms with van der Waals surface area (Å²) in [6, 6.07) is 10.0. The highest BCUT2D eigenvalue weighted by atomic mass is 16.5. The van der Waals surface area contributed by atoms with Crippen LogP contribution in [0.5, 0.6) is 0 Å². The van der Waals surface area contributed by atoms with Gasteiger partial charge in [-0.2, -0.15) is 0 Å². The van der Waals surface area contributed by atoms with Crippen LogP contribution >= 0.6 is 0 Å². The third kappa shape index (κ3) is 2.39. The summed E-state index contributed by atoms with van der Waals surface area (Å²) in [5, 5.41) is 0. The smallest absolute Gasteiger partial charge is 0.338 e. The molecule has 4 fully saturated rings. The van der Waals surface area contributed by atoms with Crippen molar-refractivity contribution in [1.29, 1.82) is 0 Å². The van der Waals surface area contributed by atoms with Crippen LogP contribution in [0, 0.1) is 23.2 Å². The lowest BCUT2D eigenvalue weighted by Gasteiger charge is -2.56. The highest BCUT2D eigenvalue weighted by Gasteiger charge is 2.50. The van der Waals surface area contributed by atoms with Crippen molar-refractivity contribution in [3.8, 4) is 0 Å². The molecule has 0 unspecified atom stereocenters. The number of hydrogen-bond acceptors (Lipinski definition) is 2. The molecule has 0 N–H and O–H groups in total. The van der Waals surface area contributed by atoms with Crippen LogP contribution in [-0.4, -0.2) is 13.1 Å². The van der Waals surface area contributed by atoms with E-state index in [1.165, 1.54) is 45.6 Å². The van der Waals surface area contributed by atoms with Gasteiger partial charge in [0.25, 0.3) is 0 Å². The number of rotatable bonds is 3. The molecule has 1 aromatic rings. The van der Waals surface area contributed by atoms with Crippen molar-refractivity contribution in [3.05, 3.63) is 42.0 Å². The molecule has 1 aromatic carbocycles. The number of carbonyl (C=O) groups is 1. The van der Waals surface area contributed by atoms with E-state index in [9.17, 15) is 4.79 Å². The SMILES string of the molecule is COC(=O)C(=CC12CC3CC(CC(C3)C1)C2)c1ccccc1. The van der Waals surface area contributed by atoms with Gasteiger partial charge in [0.2, 0.25) is 0 Å². The summed E-state index contributed by atoms with van der Waals surface area (Å²) in [5.41, 5.74) is 2.00. The summed E-state index contributed by atoms with van der Waals surface area (Å²) in [4.78, 5) is 12.3. The van der Waals surface area contributed by atoms with E-state index in [1.807, 2.05) is 30.3 Å². The Morgan fingerprint density at radius 3 is 2.09 bits per heavy atom. The van der Waals surface area contributed by atoms with Gasteiger partial charge in [0.1, 0.15) is 0 Å². The molecule has 2 heteroatoms. The first-order valence-electron chi connectivity index (χ1n) is 8.54. The van der Waals surface area contributed by atoms with Crippen LogP contribution in [-0.2, 0) is 9.53 Å². The number of hydrogen-bond donors (Lipinski definition) is 0. The first-order chi connectivity index (χ1) is 10.7. The molecular formula is C20H24O2. The van der Waals surface area contributed by atoms with Crippen LogP contribution in [0.2, 0.25) is 0 Å². The fraction of sp³-hybridized carbons (Fsp3) is 0.550. The molecule has 0 aliphatic heterocycles. The van der Waals surface area contributed by atoms with Crippen LogP contribution in [0.3, 0.4) is 0 Å². The standard InChI is InChI=1S/C20H24O2/c1-22-19(21)18(17-5-3-2-4-6-17)13-20-10-14-7-15(11-20)9-16(8-14)12-20/h2-6,13-16H,7-12H2,1H3. The van der Waals surface area contributed by atoms with Gasteiger partial charge < -0.3 is 4.74 Å². The molecule has 2 nitrogen and oxygen atoms in total. The van der Waals surface area contributed by atoms with Crippen LogP contribution in [0.1, 0.15) is 44.1 Å². The zero-order valence-corrected chi connectivity index (χ0v) is 13.3. The second-order valence-electron chi connectivity index (χ2n) is 7.70. The molecule has 0 atom stereocenters. The average molecular weight is 296 g/mol. The van der Waals surface area contributed by atoms with Crippen molar-refractivity contribution < 1.29 is 9.53 Å². The maximum atomic E-state index is 12.3. The molecule has 4 aliphatic rings. The van der Waals surface area contributed by atoms with E-state index in [0.29, 0.717) is 0 Å². The van der Waals surface area contributed by atoms with Gasteiger partial charge in [0.05, 0.1) is 12.7 Å². The molecule has 0 spiro atoms. The summed E-state index contributed by atoms with van der Waals surface area (Å²) in [5.74, 6) is 2.47. The van der Waals surface area contributed by atoms with E-state index >= 15 is 0 Å². The van der Waals surface area contributed by atoms with E-state index in [-0.39, 0.29) is 11.4 Å². The molecule has 4 saturated carbocycles. The summed E-state index contributed by atoms with van der Waals surface area (Å²) in [6.07, 6.45) is 10.4. The van der Waals surface area contributed by atoms with Gasteiger partial charge in [0, 0.05) is 0 Å². The van der Waals surface area contributed by atoms with Gasteiger partial charge in [-0.15, -0.1) is 0 Å². The third-order valence-corrected chi connectivity index (χ3v) is 6.03. The third-order valence-electron chi connectivity index (χ3n) is 6.03. The van der Waals surface area contributed by atoms with E-state index in [1.54, 1.807) is 0 Å². The van der Waals surface area contributed by atoms with Crippen LogP contribution in [0.25, 0.3) is 5.57 Å². The van der Waals surface area contributed by atoms with Crippen molar-refractivity contribution in [1.82, 2.24) is 0 Å². The number of allylic oxidation sites excluding steroid dienone is 1. The fourth-order valence-electron chi connectivity index (χ4n) is 5.65. The van der Waals surface area contributed by atoms with Gasteiger partial charge in [-0.3, -0.25) is 0 Å². The molecule has 0 heterocycles. The van der Waals surface area contributed by atoms with Gasteiger partial charge in [-0.25, -0.2) is 4.79 Å². The Bertz CT molecular complexity index is 564. The van der Waals surface area contributed by atoms with Crippen LogP contribution < -0.4 is 0 Å². The number of esters is 1. The number of carbonyl (C=O) groups excluding carboxylic acids is 1. The predicted molar refractivity (Wildman–Crippen MR) is 87.0 cm³/mol. The van der Waals surface area contributed by atoms with Gasteiger partial charge >= 0.3 is 5.97 Å². The van der Waals surface area contributed by atoms with Gasteiger partial charge in [-0.05, 0) is 67.3 Å². The minimum absolute atomic E-state index is 0.193. The molecule has 0 amide bonds. The first kappa shape index (κ1) is 14.0. The molecule has 116 valence electrons. The Morgan fingerprint density at radius 2 is 1.59 bits per heavy atom.